The maximum Gasteiger partial charge on any atom is 0.416 e. The van der Waals surface area contributed by atoms with Gasteiger partial charge in [0.05, 0.1) is 5.56 Å². The van der Waals surface area contributed by atoms with Crippen LogP contribution in [-0.2, 0) is 17.4 Å². The Morgan fingerprint density at radius 1 is 1.03 bits per heavy atom. The Balaban J connectivity index is 1.79. The SMILES string of the molecule is N#C/C(=C\c1ccc(Cc2ccccc2F)c(Br)c1)C(=O)Nc1cccc(C(F)(F)F)c1. The van der Waals surface area contributed by atoms with Crippen LogP contribution >= 0.6 is 15.9 Å². The zero-order chi connectivity index (χ0) is 23.3. The second-order valence-corrected chi connectivity index (χ2v) is 7.68. The summed E-state index contributed by atoms with van der Waals surface area (Å²) in [5.41, 5.74) is 0.578. The number of rotatable bonds is 5. The average Bonchev–Trinajstić information content (AvgIpc) is 2.74. The molecule has 0 aliphatic rings. The Kier molecular flexibility index (Phi) is 7.11. The molecular weight excluding hydrogens is 488 g/mol. The van der Waals surface area contributed by atoms with E-state index < -0.39 is 17.6 Å². The van der Waals surface area contributed by atoms with Crippen molar-refractivity contribution in [3.63, 3.8) is 0 Å². The highest BCUT2D eigenvalue weighted by atomic mass is 79.9. The molecule has 0 heterocycles. The lowest BCUT2D eigenvalue weighted by molar-refractivity contribution is -0.137. The van der Waals surface area contributed by atoms with E-state index >= 15 is 0 Å². The summed E-state index contributed by atoms with van der Waals surface area (Å²) in [6.07, 6.45) is -2.88. The van der Waals surface area contributed by atoms with E-state index in [1.54, 1.807) is 42.5 Å². The molecule has 0 spiro atoms. The van der Waals surface area contributed by atoms with Crippen molar-refractivity contribution >= 4 is 33.6 Å². The molecule has 0 radical (unpaired) electrons. The Morgan fingerprint density at radius 2 is 1.78 bits per heavy atom. The molecule has 3 aromatic carbocycles. The molecule has 3 rings (SSSR count). The number of halogens is 5. The summed E-state index contributed by atoms with van der Waals surface area (Å²) in [5.74, 6) is -1.15. The molecule has 0 fully saturated rings. The van der Waals surface area contributed by atoms with Crippen LogP contribution in [0, 0.1) is 17.1 Å². The first-order valence-corrected chi connectivity index (χ1v) is 10.1. The molecular formula is C24H15BrF4N2O. The van der Waals surface area contributed by atoms with Crippen LogP contribution in [-0.4, -0.2) is 5.91 Å². The number of nitrogens with zero attached hydrogens (tertiary/aromatic N) is 1. The van der Waals surface area contributed by atoms with E-state index in [1.165, 1.54) is 24.3 Å². The van der Waals surface area contributed by atoms with E-state index in [4.69, 9.17) is 0 Å². The third kappa shape index (κ3) is 5.83. The summed E-state index contributed by atoms with van der Waals surface area (Å²) in [4.78, 5) is 12.4. The van der Waals surface area contributed by atoms with Gasteiger partial charge in [0.25, 0.3) is 5.91 Å². The van der Waals surface area contributed by atoms with Gasteiger partial charge in [-0.3, -0.25) is 4.79 Å². The highest BCUT2D eigenvalue weighted by Gasteiger charge is 2.30. The summed E-state index contributed by atoms with van der Waals surface area (Å²) in [6, 6.07) is 17.4. The summed E-state index contributed by atoms with van der Waals surface area (Å²) in [6.45, 7) is 0. The first-order chi connectivity index (χ1) is 15.2. The van der Waals surface area contributed by atoms with Crippen LogP contribution in [0.25, 0.3) is 6.08 Å². The van der Waals surface area contributed by atoms with Crippen molar-refractivity contribution in [2.24, 2.45) is 0 Å². The standard InChI is InChI=1S/C24H15BrF4N2O/c25-21-11-15(8-9-16(21)12-17-4-1-2-7-22(17)26)10-18(14-30)23(32)31-20-6-3-5-19(13-20)24(27,28)29/h1-11,13H,12H2,(H,31,32)/b18-10+. The number of hydrogen-bond donors (Lipinski definition) is 1. The Morgan fingerprint density at radius 3 is 2.44 bits per heavy atom. The van der Waals surface area contributed by atoms with Gasteiger partial charge in [-0.1, -0.05) is 52.3 Å². The third-order valence-corrected chi connectivity index (χ3v) is 5.28. The number of benzene rings is 3. The predicted octanol–water partition coefficient (Wildman–Crippen LogP) is 6.74. The van der Waals surface area contributed by atoms with Gasteiger partial charge in [0.15, 0.2) is 0 Å². The van der Waals surface area contributed by atoms with Gasteiger partial charge in [-0.25, -0.2) is 4.39 Å². The number of anilines is 1. The van der Waals surface area contributed by atoms with Gasteiger partial charge in [0.1, 0.15) is 17.5 Å². The van der Waals surface area contributed by atoms with Gasteiger partial charge in [-0.05, 0) is 53.1 Å². The number of carbonyl (C=O) groups is 1. The van der Waals surface area contributed by atoms with Crippen molar-refractivity contribution in [1.82, 2.24) is 0 Å². The Hall–Kier alpha value is -3.44. The quantitative estimate of drug-likeness (QED) is 0.238. The molecule has 0 aromatic heterocycles. The normalized spacial score (nSPS) is 11.7. The average molecular weight is 503 g/mol. The fourth-order valence-corrected chi connectivity index (χ4v) is 3.47. The van der Waals surface area contributed by atoms with Crippen LogP contribution in [0.1, 0.15) is 22.3 Å². The minimum Gasteiger partial charge on any atom is -0.321 e. The van der Waals surface area contributed by atoms with E-state index in [1.807, 2.05) is 0 Å². The van der Waals surface area contributed by atoms with E-state index in [9.17, 15) is 27.6 Å². The lowest BCUT2D eigenvalue weighted by Crippen LogP contribution is -2.14. The summed E-state index contributed by atoms with van der Waals surface area (Å²) in [7, 11) is 0. The zero-order valence-corrected chi connectivity index (χ0v) is 18.0. The largest absolute Gasteiger partial charge is 0.416 e. The lowest BCUT2D eigenvalue weighted by Gasteiger charge is -2.10. The van der Waals surface area contributed by atoms with Crippen LogP contribution in [0.15, 0.2) is 76.8 Å². The number of nitriles is 1. The summed E-state index contributed by atoms with van der Waals surface area (Å²) >= 11 is 3.42. The molecule has 0 bridgehead atoms. The molecule has 0 aliphatic carbocycles. The molecule has 0 unspecified atom stereocenters. The van der Waals surface area contributed by atoms with Gasteiger partial charge >= 0.3 is 6.18 Å². The van der Waals surface area contributed by atoms with Crippen molar-refractivity contribution < 1.29 is 22.4 Å². The molecule has 0 saturated heterocycles. The predicted molar refractivity (Wildman–Crippen MR) is 117 cm³/mol. The van der Waals surface area contributed by atoms with Gasteiger partial charge < -0.3 is 5.32 Å². The van der Waals surface area contributed by atoms with E-state index in [-0.39, 0.29) is 17.1 Å². The number of hydrogen-bond acceptors (Lipinski definition) is 2. The molecule has 1 amide bonds. The topological polar surface area (TPSA) is 52.9 Å². The second-order valence-electron chi connectivity index (χ2n) is 6.82. The molecule has 0 atom stereocenters. The zero-order valence-electron chi connectivity index (χ0n) is 16.4. The first kappa shape index (κ1) is 23.2. The molecule has 8 heteroatoms. The molecule has 1 N–H and O–H groups in total. The smallest absolute Gasteiger partial charge is 0.321 e. The van der Waals surface area contributed by atoms with Crippen LogP contribution in [0.4, 0.5) is 23.2 Å². The van der Waals surface area contributed by atoms with E-state index in [0.717, 1.165) is 17.7 Å². The van der Waals surface area contributed by atoms with Crippen LogP contribution in [0.3, 0.4) is 0 Å². The van der Waals surface area contributed by atoms with Gasteiger partial charge in [0, 0.05) is 16.6 Å². The fourth-order valence-electron chi connectivity index (χ4n) is 2.93. The number of amides is 1. The van der Waals surface area contributed by atoms with Crippen molar-refractivity contribution in [2.45, 2.75) is 12.6 Å². The summed E-state index contributed by atoms with van der Waals surface area (Å²) in [5, 5.41) is 11.7. The van der Waals surface area contributed by atoms with Crippen LogP contribution < -0.4 is 5.32 Å². The van der Waals surface area contributed by atoms with Crippen molar-refractivity contribution in [1.29, 1.82) is 5.26 Å². The van der Waals surface area contributed by atoms with E-state index in [2.05, 4.69) is 21.2 Å². The van der Waals surface area contributed by atoms with Crippen molar-refractivity contribution in [3.8, 4) is 6.07 Å². The van der Waals surface area contributed by atoms with Crippen LogP contribution in [0.5, 0.6) is 0 Å². The number of carbonyl (C=O) groups excluding carboxylic acids is 1. The second kappa shape index (κ2) is 9.79. The maximum absolute atomic E-state index is 13.9. The molecule has 3 aromatic rings. The Labute approximate surface area is 190 Å². The maximum atomic E-state index is 13.9. The minimum absolute atomic E-state index is 0.0765. The molecule has 0 aliphatic heterocycles. The monoisotopic (exact) mass is 502 g/mol. The van der Waals surface area contributed by atoms with E-state index in [0.29, 0.717) is 22.0 Å². The van der Waals surface area contributed by atoms with Gasteiger partial charge in [0.2, 0.25) is 0 Å². The number of nitrogens with one attached hydrogen (secondary N) is 1. The third-order valence-electron chi connectivity index (χ3n) is 4.54. The van der Waals surface area contributed by atoms with Crippen molar-refractivity contribution in [2.75, 3.05) is 5.32 Å². The molecule has 32 heavy (non-hydrogen) atoms. The van der Waals surface area contributed by atoms with Gasteiger partial charge in [-0.15, -0.1) is 0 Å². The molecule has 3 nitrogen and oxygen atoms in total. The van der Waals surface area contributed by atoms with Crippen molar-refractivity contribution in [3.05, 3.63) is 105 Å². The highest BCUT2D eigenvalue weighted by Crippen LogP contribution is 2.31. The van der Waals surface area contributed by atoms with Gasteiger partial charge in [-0.2, -0.15) is 18.4 Å². The summed E-state index contributed by atoms with van der Waals surface area (Å²) < 4.78 is 53.1. The fraction of sp³-hybridized carbons (Fsp3) is 0.0833. The highest BCUT2D eigenvalue weighted by molar-refractivity contribution is 9.10. The lowest BCUT2D eigenvalue weighted by atomic mass is 10.0. The molecule has 0 saturated carbocycles. The molecule has 162 valence electrons. The number of alkyl halides is 3. The first-order valence-electron chi connectivity index (χ1n) is 9.29. The minimum atomic E-state index is -4.55. The Bertz CT molecular complexity index is 1230. The van der Waals surface area contributed by atoms with Crippen LogP contribution in [0.2, 0.25) is 0 Å².